The molecular formula is C12H19N3O3. The van der Waals surface area contributed by atoms with Gasteiger partial charge in [0.15, 0.2) is 0 Å². The van der Waals surface area contributed by atoms with Crippen molar-refractivity contribution >= 4 is 6.09 Å². The molecule has 2 N–H and O–H groups in total. The second-order valence-corrected chi connectivity index (χ2v) is 5.76. The molecule has 100 valence electrons. The zero-order chi connectivity index (χ0) is 13.5. The lowest BCUT2D eigenvalue weighted by atomic mass is 9.84. The Labute approximate surface area is 106 Å². The van der Waals surface area contributed by atoms with Gasteiger partial charge in [-0.05, 0) is 11.5 Å². The SMILES string of the molecule is CC(C)(C)C1Cn2nc(CO)cc2CN1C(=O)O. The first kappa shape index (κ1) is 12.9. The Bertz CT molecular complexity index is 462. The molecule has 0 bridgehead atoms. The molecule has 1 aliphatic rings. The molecule has 1 amide bonds. The molecule has 0 fully saturated rings. The van der Waals surface area contributed by atoms with E-state index >= 15 is 0 Å². The minimum Gasteiger partial charge on any atom is -0.465 e. The summed E-state index contributed by atoms with van der Waals surface area (Å²) in [5.41, 5.74) is 1.27. The van der Waals surface area contributed by atoms with Gasteiger partial charge in [-0.1, -0.05) is 20.8 Å². The summed E-state index contributed by atoms with van der Waals surface area (Å²) in [6, 6.07) is 1.64. The molecule has 2 heterocycles. The number of carboxylic acid groups (broad SMARTS) is 1. The van der Waals surface area contributed by atoms with Crippen LogP contribution in [-0.4, -0.2) is 37.0 Å². The molecule has 0 aliphatic carbocycles. The van der Waals surface area contributed by atoms with Crippen LogP contribution < -0.4 is 0 Å². The summed E-state index contributed by atoms with van der Waals surface area (Å²) < 4.78 is 1.81. The van der Waals surface area contributed by atoms with Crippen molar-refractivity contribution in [1.82, 2.24) is 14.7 Å². The van der Waals surface area contributed by atoms with Crippen LogP contribution in [0.25, 0.3) is 0 Å². The molecule has 0 aromatic carbocycles. The molecule has 0 saturated carbocycles. The number of aliphatic hydroxyl groups excluding tert-OH is 1. The summed E-state index contributed by atoms with van der Waals surface area (Å²) in [5, 5.41) is 22.7. The molecule has 6 heteroatoms. The number of carbonyl (C=O) groups is 1. The summed E-state index contributed by atoms with van der Waals surface area (Å²) in [5.74, 6) is 0. The van der Waals surface area contributed by atoms with Crippen molar-refractivity contribution in [1.29, 1.82) is 0 Å². The highest BCUT2D eigenvalue weighted by Crippen LogP contribution is 2.30. The van der Waals surface area contributed by atoms with Crippen LogP contribution in [0.3, 0.4) is 0 Å². The Kier molecular flexibility index (Phi) is 3.06. The van der Waals surface area contributed by atoms with Gasteiger partial charge in [0.05, 0.1) is 37.1 Å². The van der Waals surface area contributed by atoms with Crippen LogP contribution in [0.1, 0.15) is 32.2 Å². The van der Waals surface area contributed by atoms with Crippen molar-refractivity contribution in [3.63, 3.8) is 0 Å². The number of hydrogen-bond acceptors (Lipinski definition) is 3. The largest absolute Gasteiger partial charge is 0.465 e. The predicted molar refractivity (Wildman–Crippen MR) is 65.0 cm³/mol. The monoisotopic (exact) mass is 253 g/mol. The molecule has 2 rings (SSSR count). The molecule has 6 nitrogen and oxygen atoms in total. The van der Waals surface area contributed by atoms with Crippen molar-refractivity contribution in [2.75, 3.05) is 0 Å². The maximum Gasteiger partial charge on any atom is 0.407 e. The summed E-state index contributed by atoms with van der Waals surface area (Å²) >= 11 is 0. The standard InChI is InChI=1S/C12H19N3O3/c1-12(2,3)10-6-15-9(4-8(7-16)13-15)5-14(10)11(17)18/h4,10,16H,5-7H2,1-3H3,(H,17,18). The van der Waals surface area contributed by atoms with E-state index in [4.69, 9.17) is 5.11 Å². The van der Waals surface area contributed by atoms with Gasteiger partial charge in [0.1, 0.15) is 0 Å². The summed E-state index contributed by atoms with van der Waals surface area (Å²) in [6.07, 6.45) is -0.909. The van der Waals surface area contributed by atoms with Gasteiger partial charge in [-0.25, -0.2) is 4.79 Å². The Balaban J connectivity index is 2.36. The molecule has 18 heavy (non-hydrogen) atoms. The van der Waals surface area contributed by atoms with Gasteiger partial charge >= 0.3 is 6.09 Å². The van der Waals surface area contributed by atoms with Crippen LogP contribution in [-0.2, 0) is 19.7 Å². The van der Waals surface area contributed by atoms with Gasteiger partial charge in [-0.2, -0.15) is 5.10 Å². The van der Waals surface area contributed by atoms with E-state index in [2.05, 4.69) is 5.10 Å². The molecule has 1 aromatic rings. The third-order valence-electron chi connectivity index (χ3n) is 3.38. The highest BCUT2D eigenvalue weighted by molar-refractivity contribution is 5.65. The van der Waals surface area contributed by atoms with Crippen LogP contribution in [0.15, 0.2) is 6.07 Å². The zero-order valence-electron chi connectivity index (χ0n) is 10.9. The molecule has 1 atom stereocenters. The van der Waals surface area contributed by atoms with Crippen molar-refractivity contribution < 1.29 is 15.0 Å². The van der Waals surface area contributed by atoms with Crippen molar-refractivity contribution in [3.05, 3.63) is 17.5 Å². The van der Waals surface area contributed by atoms with Crippen LogP contribution in [0.2, 0.25) is 0 Å². The molecule has 1 aliphatic heterocycles. The number of amides is 1. The third-order valence-corrected chi connectivity index (χ3v) is 3.38. The van der Waals surface area contributed by atoms with Gasteiger partial charge in [-0.3, -0.25) is 9.58 Å². The number of rotatable bonds is 1. The second-order valence-electron chi connectivity index (χ2n) is 5.76. The Morgan fingerprint density at radius 1 is 1.56 bits per heavy atom. The van der Waals surface area contributed by atoms with Gasteiger partial charge in [0.25, 0.3) is 0 Å². The van der Waals surface area contributed by atoms with Gasteiger partial charge in [0, 0.05) is 0 Å². The minimum atomic E-state index is -0.909. The van der Waals surface area contributed by atoms with Crippen LogP contribution in [0.4, 0.5) is 4.79 Å². The number of aromatic nitrogens is 2. The van der Waals surface area contributed by atoms with E-state index in [1.807, 2.05) is 20.8 Å². The maximum atomic E-state index is 11.3. The molecule has 0 saturated heterocycles. The second kappa shape index (κ2) is 4.28. The number of fused-ring (bicyclic) bond motifs is 1. The normalized spacial score (nSPS) is 19.8. The van der Waals surface area contributed by atoms with Crippen molar-refractivity contribution in [2.45, 2.75) is 46.5 Å². The zero-order valence-corrected chi connectivity index (χ0v) is 10.9. The van der Waals surface area contributed by atoms with E-state index in [-0.39, 0.29) is 18.1 Å². The number of nitrogens with zero attached hydrogens (tertiary/aromatic N) is 3. The number of aliphatic hydroxyl groups is 1. The molecular weight excluding hydrogens is 234 g/mol. The van der Waals surface area contributed by atoms with E-state index in [1.54, 1.807) is 10.7 Å². The van der Waals surface area contributed by atoms with E-state index in [9.17, 15) is 9.90 Å². The van der Waals surface area contributed by atoms with Crippen molar-refractivity contribution in [2.24, 2.45) is 5.41 Å². The predicted octanol–water partition coefficient (Wildman–Crippen LogP) is 1.28. The quantitative estimate of drug-likeness (QED) is 0.790. The molecule has 1 aromatic heterocycles. The summed E-state index contributed by atoms with van der Waals surface area (Å²) in [6.45, 7) is 6.81. The average molecular weight is 253 g/mol. The number of hydrogen-bond donors (Lipinski definition) is 2. The Morgan fingerprint density at radius 2 is 2.22 bits per heavy atom. The van der Waals surface area contributed by atoms with E-state index in [1.165, 1.54) is 4.90 Å². The van der Waals surface area contributed by atoms with Gasteiger partial charge in [-0.15, -0.1) is 0 Å². The van der Waals surface area contributed by atoms with Crippen LogP contribution >= 0.6 is 0 Å². The van der Waals surface area contributed by atoms with E-state index < -0.39 is 6.09 Å². The average Bonchev–Trinajstić information content (AvgIpc) is 2.67. The third kappa shape index (κ3) is 2.20. The minimum absolute atomic E-state index is 0.117. The maximum absolute atomic E-state index is 11.3. The Morgan fingerprint density at radius 3 is 2.72 bits per heavy atom. The van der Waals surface area contributed by atoms with Gasteiger partial charge in [0.2, 0.25) is 0 Å². The first-order chi connectivity index (χ1) is 8.32. The van der Waals surface area contributed by atoms with Crippen LogP contribution in [0, 0.1) is 5.41 Å². The highest BCUT2D eigenvalue weighted by Gasteiger charge is 2.38. The Hall–Kier alpha value is -1.56. The highest BCUT2D eigenvalue weighted by atomic mass is 16.4. The molecule has 0 radical (unpaired) electrons. The summed E-state index contributed by atoms with van der Waals surface area (Å²) in [4.78, 5) is 12.8. The fourth-order valence-corrected chi connectivity index (χ4v) is 2.37. The molecule has 1 unspecified atom stereocenters. The lowest BCUT2D eigenvalue weighted by Crippen LogP contribution is -2.52. The summed E-state index contributed by atoms with van der Waals surface area (Å²) in [7, 11) is 0. The van der Waals surface area contributed by atoms with Crippen molar-refractivity contribution in [3.8, 4) is 0 Å². The topological polar surface area (TPSA) is 78.6 Å². The lowest BCUT2D eigenvalue weighted by molar-refractivity contribution is 0.0504. The fraction of sp³-hybridized carbons (Fsp3) is 0.667. The van der Waals surface area contributed by atoms with E-state index in [0.717, 1.165) is 5.69 Å². The van der Waals surface area contributed by atoms with Gasteiger partial charge < -0.3 is 10.2 Å². The van der Waals surface area contributed by atoms with Crippen LogP contribution in [0.5, 0.6) is 0 Å². The fourth-order valence-electron chi connectivity index (χ4n) is 2.37. The lowest BCUT2D eigenvalue weighted by Gasteiger charge is -2.41. The smallest absolute Gasteiger partial charge is 0.407 e. The van der Waals surface area contributed by atoms with E-state index in [0.29, 0.717) is 18.8 Å². The first-order valence-electron chi connectivity index (χ1n) is 5.99. The first-order valence-corrected chi connectivity index (χ1v) is 5.99. The molecule has 0 spiro atoms.